The molecule has 2 nitrogen and oxygen atoms in total. The van der Waals surface area contributed by atoms with E-state index in [0.717, 1.165) is 11.9 Å². The van der Waals surface area contributed by atoms with Gasteiger partial charge in [0.05, 0.1) is 11.7 Å². The number of aryl methyl sites for hydroxylation is 1. The number of nitrogens with zero attached hydrogens (tertiary/aromatic N) is 2. The Balaban J connectivity index is 2.26. The van der Waals surface area contributed by atoms with Crippen molar-refractivity contribution in [2.75, 3.05) is 0 Å². The van der Waals surface area contributed by atoms with E-state index in [9.17, 15) is 0 Å². The van der Waals surface area contributed by atoms with Crippen LogP contribution in [0.2, 0.25) is 0 Å². The number of fused-ring (bicyclic) bond motifs is 1. The summed E-state index contributed by atoms with van der Waals surface area (Å²) in [5.41, 5.74) is 2.33. The molecule has 2 aromatic rings. The molecule has 1 aromatic heterocycles. The van der Waals surface area contributed by atoms with Crippen LogP contribution in [-0.2, 0) is 6.42 Å². The van der Waals surface area contributed by atoms with Gasteiger partial charge >= 0.3 is 0 Å². The molecule has 0 amide bonds. The third-order valence-electron chi connectivity index (χ3n) is 2.68. The lowest BCUT2D eigenvalue weighted by molar-refractivity contribution is 0.717. The van der Waals surface area contributed by atoms with Crippen molar-refractivity contribution in [3.05, 3.63) is 36.0 Å². The molecule has 0 saturated carbocycles. The van der Waals surface area contributed by atoms with Crippen molar-refractivity contribution in [2.24, 2.45) is 0 Å². The quantitative estimate of drug-likeness (QED) is 0.707. The highest BCUT2D eigenvalue weighted by atomic mass is 15.1. The topological polar surface area (TPSA) is 25.8 Å². The first kappa shape index (κ1) is 10.1. The molecule has 0 unspecified atom stereocenters. The Bertz CT molecular complexity index is 432. The maximum absolute atomic E-state index is 4.12. The smallest absolute Gasteiger partial charge is 0.0932 e. The molecule has 0 aliphatic rings. The van der Waals surface area contributed by atoms with Gasteiger partial charge in [0, 0.05) is 5.39 Å². The minimum atomic E-state index is 1.01. The average molecular weight is 200 g/mol. The molecule has 1 aromatic carbocycles. The van der Waals surface area contributed by atoms with Gasteiger partial charge in [-0.25, -0.2) is 0 Å². The predicted molar refractivity (Wildman–Crippen MR) is 62.8 cm³/mol. The lowest BCUT2D eigenvalue weighted by Gasteiger charge is -2.03. The molecule has 0 aliphatic heterocycles. The normalized spacial score (nSPS) is 10.7. The van der Waals surface area contributed by atoms with Crippen molar-refractivity contribution in [1.82, 2.24) is 10.2 Å². The Labute approximate surface area is 90.3 Å². The predicted octanol–water partition coefficient (Wildman–Crippen LogP) is 3.36. The molecule has 0 bridgehead atoms. The fourth-order valence-corrected chi connectivity index (χ4v) is 1.83. The van der Waals surface area contributed by atoms with Crippen LogP contribution in [0, 0.1) is 0 Å². The highest BCUT2D eigenvalue weighted by Gasteiger charge is 2.01. The van der Waals surface area contributed by atoms with Gasteiger partial charge in [0.2, 0.25) is 0 Å². The molecular weight excluding hydrogens is 184 g/mol. The third-order valence-corrected chi connectivity index (χ3v) is 2.68. The molecule has 0 spiro atoms. The molecule has 2 heteroatoms. The molecule has 15 heavy (non-hydrogen) atoms. The largest absolute Gasteiger partial charge is 0.158 e. The number of hydrogen-bond acceptors (Lipinski definition) is 2. The van der Waals surface area contributed by atoms with E-state index in [1.165, 1.54) is 30.2 Å². The number of rotatable bonds is 4. The SMILES string of the molecule is CCCCCc1cnnc2ccccc12. The number of aromatic nitrogens is 2. The fraction of sp³-hybridized carbons (Fsp3) is 0.385. The number of hydrogen-bond donors (Lipinski definition) is 0. The molecule has 0 radical (unpaired) electrons. The zero-order chi connectivity index (χ0) is 10.5. The standard InChI is InChI=1S/C13H16N2/c1-2-3-4-7-11-10-14-15-13-9-6-5-8-12(11)13/h5-6,8-10H,2-4,7H2,1H3. The highest BCUT2D eigenvalue weighted by Crippen LogP contribution is 2.17. The van der Waals surface area contributed by atoms with E-state index in [1.54, 1.807) is 0 Å². The van der Waals surface area contributed by atoms with Crippen LogP contribution in [0.4, 0.5) is 0 Å². The maximum atomic E-state index is 4.12. The molecule has 1 heterocycles. The summed E-state index contributed by atoms with van der Waals surface area (Å²) >= 11 is 0. The first-order valence-electron chi connectivity index (χ1n) is 5.61. The molecule has 0 N–H and O–H groups in total. The first-order valence-corrected chi connectivity index (χ1v) is 5.61. The van der Waals surface area contributed by atoms with E-state index >= 15 is 0 Å². The van der Waals surface area contributed by atoms with Crippen molar-refractivity contribution in [3.8, 4) is 0 Å². The van der Waals surface area contributed by atoms with E-state index in [1.807, 2.05) is 18.3 Å². The van der Waals surface area contributed by atoms with Gasteiger partial charge in [-0.1, -0.05) is 38.0 Å². The van der Waals surface area contributed by atoms with Crippen LogP contribution >= 0.6 is 0 Å². The maximum Gasteiger partial charge on any atom is 0.0932 e. The van der Waals surface area contributed by atoms with Crippen LogP contribution in [0.15, 0.2) is 30.5 Å². The van der Waals surface area contributed by atoms with Crippen molar-refractivity contribution in [2.45, 2.75) is 32.6 Å². The molecule has 2 rings (SSSR count). The first-order chi connectivity index (χ1) is 7.42. The van der Waals surface area contributed by atoms with Crippen LogP contribution in [0.1, 0.15) is 31.7 Å². The van der Waals surface area contributed by atoms with Gasteiger partial charge in [-0.2, -0.15) is 10.2 Å². The fourth-order valence-electron chi connectivity index (χ4n) is 1.83. The monoisotopic (exact) mass is 200 g/mol. The summed E-state index contributed by atoms with van der Waals surface area (Å²) in [6, 6.07) is 8.22. The van der Waals surface area contributed by atoms with Gasteiger partial charge in [0.15, 0.2) is 0 Å². The Morgan fingerprint density at radius 3 is 2.87 bits per heavy atom. The Morgan fingerprint density at radius 2 is 2.00 bits per heavy atom. The minimum absolute atomic E-state index is 1.01. The molecule has 0 aliphatic carbocycles. The van der Waals surface area contributed by atoms with Crippen molar-refractivity contribution < 1.29 is 0 Å². The van der Waals surface area contributed by atoms with Crippen molar-refractivity contribution >= 4 is 10.9 Å². The van der Waals surface area contributed by atoms with Crippen molar-refractivity contribution in [1.29, 1.82) is 0 Å². The molecule has 0 atom stereocenters. The van der Waals surface area contributed by atoms with E-state index in [0.29, 0.717) is 0 Å². The second-order valence-corrected chi connectivity index (χ2v) is 3.84. The van der Waals surface area contributed by atoms with E-state index < -0.39 is 0 Å². The van der Waals surface area contributed by atoms with Gasteiger partial charge in [0.25, 0.3) is 0 Å². The zero-order valence-corrected chi connectivity index (χ0v) is 9.11. The summed E-state index contributed by atoms with van der Waals surface area (Å²) in [5.74, 6) is 0. The molecule has 0 fully saturated rings. The van der Waals surface area contributed by atoms with Crippen LogP contribution < -0.4 is 0 Å². The minimum Gasteiger partial charge on any atom is -0.158 e. The van der Waals surface area contributed by atoms with Crippen molar-refractivity contribution in [3.63, 3.8) is 0 Å². The van der Waals surface area contributed by atoms with Crippen LogP contribution in [0.5, 0.6) is 0 Å². The van der Waals surface area contributed by atoms with E-state index in [-0.39, 0.29) is 0 Å². The van der Waals surface area contributed by atoms with Gasteiger partial charge in [-0.05, 0) is 24.5 Å². The molecule has 0 saturated heterocycles. The highest BCUT2D eigenvalue weighted by molar-refractivity contribution is 5.81. The van der Waals surface area contributed by atoms with Gasteiger partial charge in [-0.3, -0.25) is 0 Å². The number of benzene rings is 1. The Morgan fingerprint density at radius 1 is 1.13 bits per heavy atom. The lowest BCUT2D eigenvalue weighted by Crippen LogP contribution is -1.92. The molecular formula is C13H16N2. The second kappa shape index (κ2) is 4.87. The van der Waals surface area contributed by atoms with Gasteiger partial charge in [-0.15, -0.1) is 0 Å². The van der Waals surface area contributed by atoms with Gasteiger partial charge < -0.3 is 0 Å². The summed E-state index contributed by atoms with van der Waals surface area (Å²) in [6.07, 6.45) is 6.81. The lowest BCUT2D eigenvalue weighted by atomic mass is 10.0. The summed E-state index contributed by atoms with van der Waals surface area (Å²) in [7, 11) is 0. The third kappa shape index (κ3) is 2.32. The summed E-state index contributed by atoms with van der Waals surface area (Å²) in [6.45, 7) is 2.23. The van der Waals surface area contributed by atoms with E-state index in [4.69, 9.17) is 0 Å². The van der Waals surface area contributed by atoms with E-state index in [2.05, 4.69) is 29.3 Å². The average Bonchev–Trinajstić information content (AvgIpc) is 2.30. The number of unbranched alkanes of at least 4 members (excludes halogenated alkanes) is 2. The van der Waals surface area contributed by atoms with Crippen LogP contribution in [0.25, 0.3) is 10.9 Å². The summed E-state index contributed by atoms with van der Waals surface area (Å²) < 4.78 is 0. The zero-order valence-electron chi connectivity index (χ0n) is 9.11. The summed E-state index contributed by atoms with van der Waals surface area (Å²) in [4.78, 5) is 0. The van der Waals surface area contributed by atoms with Crippen LogP contribution in [0.3, 0.4) is 0 Å². The van der Waals surface area contributed by atoms with Crippen LogP contribution in [-0.4, -0.2) is 10.2 Å². The Hall–Kier alpha value is -1.44. The second-order valence-electron chi connectivity index (χ2n) is 3.84. The summed E-state index contributed by atoms with van der Waals surface area (Å²) in [5, 5.41) is 9.41. The Kier molecular flexibility index (Phi) is 3.28. The molecule has 78 valence electrons. The van der Waals surface area contributed by atoms with Gasteiger partial charge in [0.1, 0.15) is 0 Å².